The quantitative estimate of drug-likeness (QED) is 0.0197. The van der Waals surface area contributed by atoms with Gasteiger partial charge in [0.05, 0.1) is 34.4 Å². The van der Waals surface area contributed by atoms with Crippen LogP contribution in [-0.2, 0) is 27.9 Å². The molecule has 0 aromatic carbocycles. The molecule has 0 heterocycles. The average Bonchev–Trinajstić information content (AvgIpc) is 3.31. The predicted octanol–water partition coefficient (Wildman–Crippen LogP) is 17.8. The Bertz CT molecular complexity index is 1290. The molecular weight excluding hydrogens is 878 g/mol. The van der Waals surface area contributed by atoms with Crippen LogP contribution in [0.15, 0.2) is 60.8 Å². The van der Waals surface area contributed by atoms with Gasteiger partial charge in [-0.05, 0) is 57.8 Å². The Balaban J connectivity index is 4.08. The van der Waals surface area contributed by atoms with E-state index in [-0.39, 0.29) is 25.8 Å². The minimum absolute atomic E-state index is 0.0220. The highest BCUT2D eigenvalue weighted by molar-refractivity contribution is 7.45. The molecule has 0 aliphatic heterocycles. The number of likely N-dealkylation sites (N-methyl/N-ethyl adjacent to an activating group) is 1. The number of allylic oxidation sites excluding steroid dienone is 10. The molecule has 0 amide bonds. The number of phosphoric acid groups is 1. The first-order valence-electron chi connectivity index (χ1n) is 29.0. The van der Waals surface area contributed by atoms with Crippen LogP contribution in [0.4, 0.5) is 0 Å². The molecule has 2 unspecified atom stereocenters. The van der Waals surface area contributed by atoms with Gasteiger partial charge in [0.25, 0.3) is 7.82 Å². The van der Waals surface area contributed by atoms with Gasteiger partial charge in [0.1, 0.15) is 19.3 Å². The first-order valence-corrected chi connectivity index (χ1v) is 30.5. The van der Waals surface area contributed by atoms with Crippen molar-refractivity contribution in [3.8, 4) is 0 Å². The van der Waals surface area contributed by atoms with Gasteiger partial charge < -0.3 is 27.9 Å². The number of esters is 1. The Kier molecular flexibility index (Phi) is 51.2. The third-order valence-electron chi connectivity index (χ3n) is 12.6. The highest BCUT2D eigenvalue weighted by Crippen LogP contribution is 2.38. The Morgan fingerprint density at radius 1 is 0.464 bits per heavy atom. The number of ether oxygens (including phenoxy) is 2. The SMILES string of the molecule is CC/C=C\C/C=C\C/C=C\C/C=C\C/C=C\CCCCCCCCOCC(COP(=O)([O-])OCC[N+](C)(C)C)OC(=O)CCCCCCCCCCCCCCCCCCCCCCCCCCC. The van der Waals surface area contributed by atoms with E-state index < -0.39 is 13.9 Å². The van der Waals surface area contributed by atoms with E-state index in [0.717, 1.165) is 77.0 Å². The molecule has 8 nitrogen and oxygen atoms in total. The van der Waals surface area contributed by atoms with Crippen LogP contribution in [0.2, 0.25) is 0 Å². The summed E-state index contributed by atoms with van der Waals surface area (Å²) in [7, 11) is 1.35. The molecule has 0 saturated heterocycles. The van der Waals surface area contributed by atoms with Gasteiger partial charge in [-0.25, -0.2) is 0 Å². The number of unbranched alkanes of at least 4 members (excludes halogenated alkanes) is 30. The molecule has 0 rings (SSSR count). The van der Waals surface area contributed by atoms with E-state index in [0.29, 0.717) is 24.1 Å². The van der Waals surface area contributed by atoms with Crippen molar-refractivity contribution in [1.82, 2.24) is 0 Å². The lowest BCUT2D eigenvalue weighted by Gasteiger charge is -2.28. The lowest BCUT2D eigenvalue weighted by atomic mass is 10.0. The highest BCUT2D eigenvalue weighted by atomic mass is 31.2. The van der Waals surface area contributed by atoms with Crippen LogP contribution in [-0.4, -0.2) is 70.7 Å². The minimum atomic E-state index is -4.54. The van der Waals surface area contributed by atoms with Crippen molar-refractivity contribution in [2.24, 2.45) is 0 Å². The molecule has 0 spiro atoms. The Morgan fingerprint density at radius 2 is 0.841 bits per heavy atom. The largest absolute Gasteiger partial charge is 0.756 e. The normalized spacial score (nSPS) is 13.9. The van der Waals surface area contributed by atoms with Gasteiger partial charge in [-0.2, -0.15) is 0 Å². The zero-order valence-electron chi connectivity index (χ0n) is 46.0. The number of hydrogen-bond acceptors (Lipinski definition) is 7. The first kappa shape index (κ1) is 67.2. The van der Waals surface area contributed by atoms with Crippen LogP contribution in [0.3, 0.4) is 0 Å². The lowest BCUT2D eigenvalue weighted by Crippen LogP contribution is -2.37. The summed E-state index contributed by atoms with van der Waals surface area (Å²) in [5.74, 6) is -0.336. The van der Waals surface area contributed by atoms with Crippen LogP contribution in [0.1, 0.15) is 258 Å². The number of carbonyl (C=O) groups excluding carboxylic acids is 1. The second-order valence-electron chi connectivity index (χ2n) is 20.6. The zero-order valence-corrected chi connectivity index (χ0v) is 46.9. The van der Waals surface area contributed by atoms with Gasteiger partial charge in [0, 0.05) is 13.0 Å². The molecule has 0 aromatic heterocycles. The van der Waals surface area contributed by atoms with Gasteiger partial charge in [-0.1, -0.05) is 254 Å². The fraction of sp³-hybridized carbons (Fsp3) is 0.817. The second kappa shape index (κ2) is 52.5. The topological polar surface area (TPSA) is 94.1 Å². The maximum atomic E-state index is 12.8. The Morgan fingerprint density at radius 3 is 1.26 bits per heavy atom. The number of nitrogens with zero attached hydrogens (tertiary/aromatic N) is 1. The van der Waals surface area contributed by atoms with Gasteiger partial charge >= 0.3 is 5.97 Å². The van der Waals surface area contributed by atoms with Crippen molar-refractivity contribution < 1.29 is 37.3 Å². The smallest absolute Gasteiger partial charge is 0.306 e. The maximum Gasteiger partial charge on any atom is 0.306 e. The van der Waals surface area contributed by atoms with E-state index in [1.165, 1.54) is 161 Å². The van der Waals surface area contributed by atoms with E-state index in [1.54, 1.807) is 0 Å². The van der Waals surface area contributed by atoms with E-state index in [2.05, 4.69) is 74.6 Å². The highest BCUT2D eigenvalue weighted by Gasteiger charge is 2.20. The van der Waals surface area contributed by atoms with Crippen LogP contribution in [0.5, 0.6) is 0 Å². The van der Waals surface area contributed by atoms with Crippen LogP contribution >= 0.6 is 7.82 Å². The summed E-state index contributed by atoms with van der Waals surface area (Å²) in [6.07, 6.45) is 68.4. The molecule has 0 saturated carbocycles. The number of quaternary nitrogens is 1. The molecule has 0 aliphatic rings. The van der Waals surface area contributed by atoms with Crippen molar-refractivity contribution in [1.29, 1.82) is 0 Å². The van der Waals surface area contributed by atoms with Crippen molar-refractivity contribution >= 4 is 13.8 Å². The summed E-state index contributed by atoms with van der Waals surface area (Å²) in [4.78, 5) is 25.3. The van der Waals surface area contributed by atoms with Crippen LogP contribution < -0.4 is 4.89 Å². The van der Waals surface area contributed by atoms with Gasteiger partial charge in [0.2, 0.25) is 0 Å². The molecule has 404 valence electrons. The average molecular weight is 991 g/mol. The molecule has 0 fully saturated rings. The van der Waals surface area contributed by atoms with E-state index in [4.69, 9.17) is 18.5 Å². The van der Waals surface area contributed by atoms with Crippen molar-refractivity contribution in [2.45, 2.75) is 264 Å². The molecule has 0 N–H and O–H groups in total. The van der Waals surface area contributed by atoms with Crippen molar-refractivity contribution in [2.75, 3.05) is 54.1 Å². The third-order valence-corrected chi connectivity index (χ3v) is 13.5. The predicted molar refractivity (Wildman–Crippen MR) is 296 cm³/mol. The van der Waals surface area contributed by atoms with Gasteiger partial charge in [-0.15, -0.1) is 0 Å². The molecule has 69 heavy (non-hydrogen) atoms. The fourth-order valence-electron chi connectivity index (χ4n) is 8.16. The van der Waals surface area contributed by atoms with Crippen molar-refractivity contribution in [3.05, 3.63) is 60.8 Å². The lowest BCUT2D eigenvalue weighted by molar-refractivity contribution is -0.870. The summed E-state index contributed by atoms with van der Waals surface area (Å²) < 4.78 is 34.8. The summed E-state index contributed by atoms with van der Waals surface area (Å²) in [5.41, 5.74) is 0. The van der Waals surface area contributed by atoms with Gasteiger partial charge in [-0.3, -0.25) is 9.36 Å². The van der Waals surface area contributed by atoms with E-state index in [9.17, 15) is 14.3 Å². The number of hydrogen-bond donors (Lipinski definition) is 0. The summed E-state index contributed by atoms with van der Waals surface area (Å²) in [6.45, 7) is 5.30. The third kappa shape index (κ3) is 57.0. The Hall–Kier alpha value is -1.80. The summed E-state index contributed by atoms with van der Waals surface area (Å²) in [6, 6.07) is 0. The minimum Gasteiger partial charge on any atom is -0.756 e. The number of rotatable bonds is 54. The maximum absolute atomic E-state index is 12.8. The molecule has 9 heteroatoms. The van der Waals surface area contributed by atoms with E-state index >= 15 is 0 Å². The molecule has 0 aliphatic carbocycles. The monoisotopic (exact) mass is 990 g/mol. The molecular formula is C60H112NO7P. The van der Waals surface area contributed by atoms with Crippen LogP contribution in [0.25, 0.3) is 0 Å². The summed E-state index contributed by atoms with van der Waals surface area (Å²) in [5, 5.41) is 0. The Labute approximate surface area is 428 Å². The van der Waals surface area contributed by atoms with Crippen molar-refractivity contribution in [3.63, 3.8) is 0 Å². The molecule has 0 bridgehead atoms. The summed E-state index contributed by atoms with van der Waals surface area (Å²) >= 11 is 0. The fourth-order valence-corrected chi connectivity index (χ4v) is 8.89. The zero-order chi connectivity index (χ0) is 50.5. The molecule has 0 aromatic rings. The van der Waals surface area contributed by atoms with E-state index in [1.807, 2.05) is 21.1 Å². The van der Waals surface area contributed by atoms with Crippen LogP contribution in [0, 0.1) is 0 Å². The number of phosphoric ester groups is 1. The van der Waals surface area contributed by atoms with Gasteiger partial charge in [0.15, 0.2) is 0 Å². The standard InChI is InChI=1S/C60H112NO7P/c1-6-8-10-12-14-16-18-20-22-24-26-28-30-31-32-33-35-37-39-41-43-45-47-49-51-53-60(62)68-59(58-67-69(63,64)66-56-54-61(3,4)5)57-65-55-52-50-48-46-44-42-40-38-36-34-29-27-25-23-21-19-17-15-13-11-9-7-2/h9,11,15,17,21,23,27,29,36,38,59H,6-8,10,12-14,16,18-20,22,24-26,28,30-35,37,39-58H2,1-5H3/b11-9-,17-15-,23-21-,29-27-,38-36-. The second-order valence-corrected chi connectivity index (χ2v) is 22.0. The molecule has 0 radical (unpaired) electrons. The number of carbonyl (C=O) groups is 1. The molecule has 2 atom stereocenters. The first-order chi connectivity index (χ1) is 33.6.